The standard InChI is InChI=1S/C11H22F3O2PS/c1-3-5-7-10(9-11(12,13)14)17(15,18)16-8-6-4-2/h10H,3-9H2,1-2H3,(H,15,18). The second-order valence-corrected chi connectivity index (χ2v) is 8.05. The topological polar surface area (TPSA) is 29.5 Å². The zero-order chi connectivity index (χ0) is 14.2. The summed E-state index contributed by atoms with van der Waals surface area (Å²) in [5, 5.41) is 0. The maximum Gasteiger partial charge on any atom is 0.389 e. The summed E-state index contributed by atoms with van der Waals surface area (Å²) in [5.41, 5.74) is -0.968. The van der Waals surface area contributed by atoms with Crippen LogP contribution in [-0.2, 0) is 16.3 Å². The summed E-state index contributed by atoms with van der Waals surface area (Å²) in [7, 11) is 0. The average molecular weight is 306 g/mol. The summed E-state index contributed by atoms with van der Waals surface area (Å²) in [6.07, 6.45) is -2.13. The van der Waals surface area contributed by atoms with E-state index in [4.69, 9.17) is 16.3 Å². The number of unbranched alkanes of at least 4 members (excludes halogenated alkanes) is 2. The van der Waals surface area contributed by atoms with Crippen molar-refractivity contribution in [3.05, 3.63) is 0 Å². The van der Waals surface area contributed by atoms with Crippen LogP contribution in [-0.4, -0.2) is 23.3 Å². The van der Waals surface area contributed by atoms with Crippen LogP contribution < -0.4 is 0 Å². The van der Waals surface area contributed by atoms with Crippen LogP contribution in [0, 0.1) is 0 Å². The van der Waals surface area contributed by atoms with Crippen molar-refractivity contribution >= 4 is 18.3 Å². The van der Waals surface area contributed by atoms with Gasteiger partial charge in [0.1, 0.15) is 0 Å². The first kappa shape index (κ1) is 18.4. The molecule has 18 heavy (non-hydrogen) atoms. The minimum atomic E-state index is -4.31. The Bertz CT molecular complexity index is 272. The molecule has 0 radical (unpaired) electrons. The normalized spacial score (nSPS) is 17.4. The zero-order valence-corrected chi connectivity index (χ0v) is 12.6. The van der Waals surface area contributed by atoms with Crippen molar-refractivity contribution in [2.24, 2.45) is 0 Å². The third kappa shape index (κ3) is 8.46. The van der Waals surface area contributed by atoms with E-state index in [1.807, 2.05) is 13.8 Å². The molecular formula is C11H22F3O2PS. The third-order valence-electron chi connectivity index (χ3n) is 2.59. The number of rotatable bonds is 9. The van der Waals surface area contributed by atoms with E-state index in [1.165, 1.54) is 0 Å². The summed E-state index contributed by atoms with van der Waals surface area (Å²) in [5.74, 6) is 0. The molecule has 2 atom stereocenters. The Morgan fingerprint density at radius 3 is 2.22 bits per heavy atom. The third-order valence-corrected chi connectivity index (χ3v) is 5.72. The van der Waals surface area contributed by atoms with E-state index in [2.05, 4.69) is 0 Å². The smallest absolute Gasteiger partial charge is 0.345 e. The van der Waals surface area contributed by atoms with E-state index in [-0.39, 0.29) is 13.0 Å². The van der Waals surface area contributed by atoms with Gasteiger partial charge in [-0.15, -0.1) is 0 Å². The van der Waals surface area contributed by atoms with Crippen LogP contribution in [0.1, 0.15) is 52.4 Å². The molecule has 0 aromatic rings. The molecule has 0 amide bonds. The summed E-state index contributed by atoms with van der Waals surface area (Å²) >= 11 is 4.90. The first-order valence-electron chi connectivity index (χ1n) is 6.26. The highest BCUT2D eigenvalue weighted by molar-refractivity contribution is 8.09. The molecule has 1 N–H and O–H groups in total. The lowest BCUT2D eigenvalue weighted by molar-refractivity contribution is -0.135. The van der Waals surface area contributed by atoms with Crippen LogP contribution >= 0.6 is 6.49 Å². The van der Waals surface area contributed by atoms with Gasteiger partial charge in [-0.05, 0) is 24.6 Å². The fourth-order valence-corrected chi connectivity index (χ4v) is 3.84. The number of halogens is 3. The minimum Gasteiger partial charge on any atom is -0.345 e. The van der Waals surface area contributed by atoms with Gasteiger partial charge in [0, 0.05) is 5.66 Å². The molecule has 0 saturated carbocycles. The van der Waals surface area contributed by atoms with Crippen molar-refractivity contribution in [1.82, 2.24) is 0 Å². The van der Waals surface area contributed by atoms with Crippen LogP contribution in [0.25, 0.3) is 0 Å². The monoisotopic (exact) mass is 306 g/mol. The van der Waals surface area contributed by atoms with Crippen molar-refractivity contribution in [3.63, 3.8) is 0 Å². The van der Waals surface area contributed by atoms with E-state index in [9.17, 15) is 18.1 Å². The molecule has 0 fully saturated rings. The molecule has 110 valence electrons. The van der Waals surface area contributed by atoms with Crippen molar-refractivity contribution in [2.75, 3.05) is 6.61 Å². The Hall–Kier alpha value is 0.360. The first-order chi connectivity index (χ1) is 8.23. The fraction of sp³-hybridized carbons (Fsp3) is 1.00. The quantitative estimate of drug-likeness (QED) is 0.498. The van der Waals surface area contributed by atoms with Gasteiger partial charge < -0.3 is 9.42 Å². The molecule has 0 bridgehead atoms. The largest absolute Gasteiger partial charge is 0.389 e. The molecule has 0 aliphatic rings. The van der Waals surface area contributed by atoms with Crippen molar-refractivity contribution in [1.29, 1.82) is 0 Å². The summed E-state index contributed by atoms with van der Waals surface area (Å²) < 4.78 is 42.5. The second-order valence-electron chi connectivity index (χ2n) is 4.37. The van der Waals surface area contributed by atoms with Gasteiger partial charge in [0.15, 0.2) is 6.49 Å². The van der Waals surface area contributed by atoms with Gasteiger partial charge in [0.2, 0.25) is 0 Å². The number of hydrogen-bond acceptors (Lipinski definition) is 2. The molecule has 0 aromatic heterocycles. The van der Waals surface area contributed by atoms with Gasteiger partial charge in [-0.3, -0.25) is 0 Å². The molecule has 0 heterocycles. The highest BCUT2D eigenvalue weighted by Gasteiger charge is 2.38. The maximum atomic E-state index is 12.5. The lowest BCUT2D eigenvalue weighted by atomic mass is 10.1. The van der Waals surface area contributed by atoms with Crippen LogP contribution in [0.15, 0.2) is 0 Å². The van der Waals surface area contributed by atoms with Gasteiger partial charge in [0.25, 0.3) is 0 Å². The Morgan fingerprint density at radius 2 is 1.78 bits per heavy atom. The van der Waals surface area contributed by atoms with E-state index in [1.54, 1.807) is 0 Å². The van der Waals surface area contributed by atoms with E-state index < -0.39 is 24.7 Å². The molecule has 0 aromatic carbocycles. The van der Waals surface area contributed by atoms with Crippen LogP contribution in [0.4, 0.5) is 13.2 Å². The molecule has 7 heteroatoms. The van der Waals surface area contributed by atoms with Crippen molar-refractivity contribution < 1.29 is 22.6 Å². The summed E-state index contributed by atoms with van der Waals surface area (Å²) in [4.78, 5) is 9.99. The molecule has 0 aliphatic carbocycles. The average Bonchev–Trinajstić information content (AvgIpc) is 2.22. The molecule has 2 unspecified atom stereocenters. The van der Waals surface area contributed by atoms with Gasteiger partial charge in [-0.1, -0.05) is 33.1 Å². The molecule has 0 aliphatic heterocycles. The lowest BCUT2D eigenvalue weighted by Gasteiger charge is -2.27. The highest BCUT2D eigenvalue weighted by Crippen LogP contribution is 2.53. The van der Waals surface area contributed by atoms with Crippen LogP contribution in [0.5, 0.6) is 0 Å². The number of hydrogen-bond donors (Lipinski definition) is 1. The highest BCUT2D eigenvalue weighted by atomic mass is 32.5. The van der Waals surface area contributed by atoms with E-state index >= 15 is 0 Å². The Kier molecular flexibility index (Phi) is 8.69. The maximum absolute atomic E-state index is 12.5. The zero-order valence-electron chi connectivity index (χ0n) is 10.9. The van der Waals surface area contributed by atoms with Crippen molar-refractivity contribution in [2.45, 2.75) is 64.2 Å². The van der Waals surface area contributed by atoms with Gasteiger partial charge in [0.05, 0.1) is 13.0 Å². The summed E-state index contributed by atoms with van der Waals surface area (Å²) in [6, 6.07) is 0. The van der Waals surface area contributed by atoms with Gasteiger partial charge in [-0.2, -0.15) is 13.2 Å². The fourth-order valence-electron chi connectivity index (χ4n) is 1.53. The Labute approximate surface area is 112 Å². The summed E-state index contributed by atoms with van der Waals surface area (Å²) in [6.45, 7) is 0.727. The first-order valence-corrected chi connectivity index (χ1v) is 9.01. The van der Waals surface area contributed by atoms with Crippen LogP contribution in [0.2, 0.25) is 0 Å². The minimum absolute atomic E-state index is 0.241. The van der Waals surface area contributed by atoms with Gasteiger partial charge >= 0.3 is 6.18 Å². The Balaban J connectivity index is 4.55. The van der Waals surface area contributed by atoms with Gasteiger partial charge in [-0.25, -0.2) is 0 Å². The molecule has 0 rings (SSSR count). The predicted molar refractivity (Wildman–Crippen MR) is 71.3 cm³/mol. The lowest BCUT2D eigenvalue weighted by Crippen LogP contribution is -2.21. The Morgan fingerprint density at radius 1 is 1.22 bits per heavy atom. The number of alkyl halides is 3. The SMILES string of the molecule is CCCCOP(O)(=S)C(CCCC)CC(F)(F)F. The van der Waals surface area contributed by atoms with E-state index in [0.717, 1.165) is 12.8 Å². The predicted octanol–water partition coefficient (Wildman–Crippen LogP) is 4.62. The second kappa shape index (κ2) is 8.51. The van der Waals surface area contributed by atoms with Crippen LogP contribution in [0.3, 0.4) is 0 Å². The van der Waals surface area contributed by atoms with E-state index in [0.29, 0.717) is 12.8 Å². The molecule has 0 saturated heterocycles. The van der Waals surface area contributed by atoms with Crippen molar-refractivity contribution in [3.8, 4) is 0 Å². The molecular weight excluding hydrogens is 284 g/mol. The molecule has 2 nitrogen and oxygen atoms in total. The molecule has 0 spiro atoms.